The molecule has 1 N–H and O–H groups in total. The van der Waals surface area contributed by atoms with E-state index in [2.05, 4.69) is 25.4 Å². The van der Waals surface area contributed by atoms with Gasteiger partial charge in [-0.1, -0.05) is 46.8 Å². The van der Waals surface area contributed by atoms with Crippen LogP contribution in [0.3, 0.4) is 0 Å². The molecule has 4 rings (SSSR count). The minimum Gasteiger partial charge on any atom is -0.507 e. The fourth-order valence-electron chi connectivity index (χ4n) is 2.18. The van der Waals surface area contributed by atoms with Gasteiger partial charge < -0.3 is 9.52 Å². The lowest BCUT2D eigenvalue weighted by Crippen LogP contribution is -1.80. The van der Waals surface area contributed by atoms with Gasteiger partial charge in [-0.15, -0.1) is 20.4 Å². The first-order valence-electron chi connectivity index (χ1n) is 8.04. The largest absolute Gasteiger partial charge is 0.507 e. The summed E-state index contributed by atoms with van der Waals surface area (Å²) >= 11 is 8.66. The van der Waals surface area contributed by atoms with Crippen molar-refractivity contribution in [2.45, 2.75) is 10.1 Å². The molecular formula is C18H12ClN5O2S2. The van der Waals surface area contributed by atoms with Crippen molar-refractivity contribution in [3.63, 3.8) is 0 Å². The highest BCUT2D eigenvalue weighted by atomic mass is 35.5. The van der Waals surface area contributed by atoms with Crippen LogP contribution in [0.4, 0.5) is 5.13 Å². The Morgan fingerprint density at radius 1 is 1.07 bits per heavy atom. The molecule has 2 aromatic carbocycles. The molecule has 2 heterocycles. The van der Waals surface area contributed by atoms with Crippen molar-refractivity contribution in [2.75, 3.05) is 0 Å². The molecule has 0 aliphatic carbocycles. The molecule has 0 spiro atoms. The van der Waals surface area contributed by atoms with E-state index in [0.29, 0.717) is 33.3 Å². The lowest BCUT2D eigenvalue weighted by molar-refractivity contribution is 0.474. The number of para-hydroxylation sites is 1. The van der Waals surface area contributed by atoms with Crippen molar-refractivity contribution in [1.29, 1.82) is 0 Å². The topological polar surface area (TPSA) is 97.3 Å². The van der Waals surface area contributed by atoms with Gasteiger partial charge in [-0.25, -0.2) is 4.99 Å². The number of benzene rings is 2. The molecule has 140 valence electrons. The summed E-state index contributed by atoms with van der Waals surface area (Å²) in [6.45, 7) is 0. The summed E-state index contributed by atoms with van der Waals surface area (Å²) in [5.74, 6) is 1.57. The molecule has 0 amide bonds. The monoisotopic (exact) mass is 429 g/mol. The number of aliphatic imine (C=N–C) groups is 1. The highest BCUT2D eigenvalue weighted by Crippen LogP contribution is 2.30. The van der Waals surface area contributed by atoms with E-state index in [4.69, 9.17) is 16.0 Å². The smallest absolute Gasteiger partial charge is 0.247 e. The molecule has 0 aliphatic heterocycles. The van der Waals surface area contributed by atoms with E-state index < -0.39 is 0 Å². The summed E-state index contributed by atoms with van der Waals surface area (Å²) in [5.41, 5.74) is 1.43. The molecule has 0 atom stereocenters. The molecule has 0 aliphatic rings. The second-order valence-corrected chi connectivity index (χ2v) is 8.08. The average molecular weight is 430 g/mol. The van der Waals surface area contributed by atoms with Gasteiger partial charge in [0.05, 0.1) is 5.75 Å². The number of aromatic hydroxyl groups is 1. The molecule has 0 fully saturated rings. The summed E-state index contributed by atoms with van der Waals surface area (Å²) in [6.07, 6.45) is 1.56. The third-order valence-corrected chi connectivity index (χ3v) is 5.73. The van der Waals surface area contributed by atoms with Crippen LogP contribution in [0, 0.1) is 0 Å². The zero-order valence-electron chi connectivity index (χ0n) is 14.2. The van der Waals surface area contributed by atoms with Crippen LogP contribution in [0.25, 0.3) is 11.5 Å². The minimum atomic E-state index is 0.165. The second kappa shape index (κ2) is 8.51. The Morgan fingerprint density at radius 3 is 2.71 bits per heavy atom. The van der Waals surface area contributed by atoms with Crippen molar-refractivity contribution in [1.82, 2.24) is 20.4 Å². The Morgan fingerprint density at radius 2 is 1.89 bits per heavy atom. The lowest BCUT2D eigenvalue weighted by Gasteiger charge is -1.95. The quantitative estimate of drug-likeness (QED) is 0.340. The zero-order valence-corrected chi connectivity index (χ0v) is 16.6. The summed E-state index contributed by atoms with van der Waals surface area (Å²) in [4.78, 5) is 4.25. The predicted octanol–water partition coefficient (Wildman–Crippen LogP) is 4.99. The number of rotatable bonds is 6. The van der Waals surface area contributed by atoms with Crippen molar-refractivity contribution >= 4 is 46.0 Å². The first-order valence-corrected chi connectivity index (χ1v) is 10.2. The predicted molar refractivity (Wildman–Crippen MR) is 110 cm³/mol. The van der Waals surface area contributed by atoms with E-state index in [1.54, 1.807) is 36.5 Å². The van der Waals surface area contributed by atoms with Crippen molar-refractivity contribution in [3.8, 4) is 17.2 Å². The molecule has 0 bridgehead atoms. The number of phenolic OH excluding ortho intramolecular Hbond substituents is 1. The normalized spacial score (nSPS) is 11.3. The van der Waals surface area contributed by atoms with E-state index in [1.165, 1.54) is 23.1 Å². The van der Waals surface area contributed by atoms with Gasteiger partial charge >= 0.3 is 0 Å². The van der Waals surface area contributed by atoms with E-state index in [9.17, 15) is 5.11 Å². The summed E-state index contributed by atoms with van der Waals surface area (Å²) in [7, 11) is 0. The van der Waals surface area contributed by atoms with Gasteiger partial charge in [-0.05, 0) is 36.4 Å². The van der Waals surface area contributed by atoms with E-state index >= 15 is 0 Å². The number of hydrogen-bond donors (Lipinski definition) is 1. The summed E-state index contributed by atoms with van der Waals surface area (Å²) < 4.78 is 6.40. The summed E-state index contributed by atoms with van der Waals surface area (Å²) in [5, 5.41) is 27.1. The van der Waals surface area contributed by atoms with Gasteiger partial charge in [0.1, 0.15) is 5.75 Å². The summed E-state index contributed by atoms with van der Waals surface area (Å²) in [6, 6.07) is 14.1. The van der Waals surface area contributed by atoms with Gasteiger partial charge in [-0.2, -0.15) is 0 Å². The van der Waals surface area contributed by atoms with Gasteiger partial charge in [0.25, 0.3) is 0 Å². The number of nitrogens with zero attached hydrogens (tertiary/aromatic N) is 5. The molecular weight excluding hydrogens is 418 g/mol. The van der Waals surface area contributed by atoms with E-state index in [-0.39, 0.29) is 5.75 Å². The molecule has 7 nitrogen and oxygen atoms in total. The van der Waals surface area contributed by atoms with Gasteiger partial charge in [0.2, 0.25) is 16.9 Å². The fourth-order valence-corrected chi connectivity index (χ4v) is 3.83. The number of phenols is 1. The first kappa shape index (κ1) is 18.6. The SMILES string of the molecule is Oc1ccccc1C=Nc1nnc(SCc2nnc(-c3ccc(Cl)cc3)o2)s1. The van der Waals surface area contributed by atoms with Gasteiger partial charge in [0, 0.05) is 22.4 Å². The number of aromatic nitrogens is 4. The minimum absolute atomic E-state index is 0.165. The van der Waals surface area contributed by atoms with Crippen LogP contribution < -0.4 is 0 Å². The Balaban J connectivity index is 1.37. The Kier molecular flexibility index (Phi) is 5.65. The second-order valence-electron chi connectivity index (χ2n) is 5.46. The van der Waals surface area contributed by atoms with Gasteiger partial charge in [-0.3, -0.25) is 0 Å². The molecule has 0 unspecified atom stereocenters. The van der Waals surface area contributed by atoms with Crippen LogP contribution >= 0.6 is 34.7 Å². The molecule has 0 saturated heterocycles. The molecule has 0 saturated carbocycles. The standard InChI is InChI=1S/C18H12ClN5O2S2/c19-13-7-5-11(6-8-13)16-22-21-15(26-16)10-27-18-24-23-17(28-18)20-9-12-3-1-2-4-14(12)25/h1-9,25H,10H2. The van der Waals surface area contributed by atoms with Crippen LogP contribution in [0.2, 0.25) is 5.02 Å². The lowest BCUT2D eigenvalue weighted by atomic mass is 10.2. The maximum atomic E-state index is 9.74. The maximum Gasteiger partial charge on any atom is 0.247 e. The third-order valence-electron chi connectivity index (χ3n) is 3.52. The average Bonchev–Trinajstić information content (AvgIpc) is 3.36. The van der Waals surface area contributed by atoms with Crippen LogP contribution in [0.15, 0.2) is 62.3 Å². The number of thioether (sulfide) groups is 1. The fraction of sp³-hybridized carbons (Fsp3) is 0.0556. The number of halogens is 1. The van der Waals surface area contributed by atoms with Gasteiger partial charge in [0.15, 0.2) is 4.34 Å². The highest BCUT2D eigenvalue weighted by Gasteiger charge is 2.11. The van der Waals surface area contributed by atoms with Crippen LogP contribution in [0.5, 0.6) is 5.75 Å². The Labute approximate surface area is 173 Å². The first-order chi connectivity index (χ1) is 13.7. The maximum absolute atomic E-state index is 9.74. The van der Waals surface area contributed by atoms with Crippen molar-refractivity contribution in [2.24, 2.45) is 4.99 Å². The Hall–Kier alpha value is -2.75. The highest BCUT2D eigenvalue weighted by molar-refractivity contribution is 8.00. The van der Waals surface area contributed by atoms with Crippen molar-refractivity contribution in [3.05, 3.63) is 65.0 Å². The molecule has 10 heteroatoms. The molecule has 0 radical (unpaired) electrons. The van der Waals surface area contributed by atoms with Crippen LogP contribution in [-0.4, -0.2) is 31.7 Å². The molecule has 2 aromatic heterocycles. The van der Waals surface area contributed by atoms with Crippen LogP contribution in [0.1, 0.15) is 11.5 Å². The van der Waals surface area contributed by atoms with Crippen molar-refractivity contribution < 1.29 is 9.52 Å². The molecule has 4 aromatic rings. The molecule has 28 heavy (non-hydrogen) atoms. The third kappa shape index (κ3) is 4.56. The van der Waals surface area contributed by atoms with E-state index in [0.717, 1.165) is 9.90 Å². The Bertz CT molecular complexity index is 1110. The zero-order chi connectivity index (χ0) is 19.3. The van der Waals surface area contributed by atoms with E-state index in [1.807, 2.05) is 18.2 Å². The number of hydrogen-bond acceptors (Lipinski definition) is 9. The van der Waals surface area contributed by atoms with Crippen LogP contribution in [-0.2, 0) is 5.75 Å².